The van der Waals surface area contributed by atoms with E-state index in [2.05, 4.69) is 5.32 Å². The Kier molecular flexibility index (Phi) is 3.52. The van der Waals surface area contributed by atoms with E-state index in [1.165, 1.54) is 0 Å². The van der Waals surface area contributed by atoms with Crippen LogP contribution in [0.5, 0.6) is 0 Å². The summed E-state index contributed by atoms with van der Waals surface area (Å²) in [7, 11) is 0. The molecule has 0 fully saturated rings. The highest BCUT2D eigenvalue weighted by Crippen LogP contribution is 2.00. The lowest BCUT2D eigenvalue weighted by atomic mass is 10.2. The Morgan fingerprint density at radius 3 is 2.38 bits per heavy atom. The van der Waals surface area contributed by atoms with Crippen molar-refractivity contribution in [1.82, 2.24) is 5.32 Å². The van der Waals surface area contributed by atoms with Crippen molar-refractivity contribution in [3.05, 3.63) is 35.9 Å². The summed E-state index contributed by atoms with van der Waals surface area (Å²) >= 11 is 0.977. The zero-order valence-corrected chi connectivity index (χ0v) is 7.93. The van der Waals surface area contributed by atoms with Gasteiger partial charge in [0.2, 0.25) is 0 Å². The summed E-state index contributed by atoms with van der Waals surface area (Å²) in [4.78, 5) is 22.1. The number of rotatable bonds is 1. The fourth-order valence-electron chi connectivity index (χ4n) is 0.805. The van der Waals surface area contributed by atoms with Crippen LogP contribution in [-0.2, 0) is 0 Å². The van der Waals surface area contributed by atoms with Gasteiger partial charge in [-0.25, -0.2) is 0 Å². The summed E-state index contributed by atoms with van der Waals surface area (Å²) in [6.07, 6.45) is 1.62. The summed E-state index contributed by atoms with van der Waals surface area (Å²) in [6, 6.07) is 8.62. The predicted octanol–water partition coefficient (Wildman–Crippen LogP) is 1.90. The van der Waals surface area contributed by atoms with E-state index < -0.39 is 0 Å². The van der Waals surface area contributed by atoms with E-state index in [1.54, 1.807) is 30.5 Å². The molecule has 68 valence electrons. The molecule has 1 aromatic rings. The summed E-state index contributed by atoms with van der Waals surface area (Å²) in [5, 5.41) is 1.89. The maximum absolute atomic E-state index is 11.3. The van der Waals surface area contributed by atoms with Gasteiger partial charge in [0.15, 0.2) is 0 Å². The average Bonchev–Trinajstić information content (AvgIpc) is 2.19. The van der Waals surface area contributed by atoms with Gasteiger partial charge in [0.1, 0.15) is 0 Å². The molecule has 3 nitrogen and oxygen atoms in total. The highest BCUT2D eigenvalue weighted by Gasteiger charge is 2.07. The smallest absolute Gasteiger partial charge is 0.283 e. The first kappa shape index (κ1) is 9.80. The van der Waals surface area contributed by atoms with Gasteiger partial charge in [-0.3, -0.25) is 14.9 Å². The SMILES string of the molecule is CSC(=O)NC(=O)c1ccccc1. The molecule has 4 heteroatoms. The van der Waals surface area contributed by atoms with Gasteiger partial charge in [0.05, 0.1) is 0 Å². The quantitative estimate of drug-likeness (QED) is 0.744. The molecular formula is C9H9NO2S. The Balaban J connectivity index is 2.65. The fraction of sp³-hybridized carbons (Fsp3) is 0.111. The standard InChI is InChI=1S/C9H9NO2S/c1-13-9(12)10-8(11)7-5-3-2-4-6-7/h2-6H,1H3,(H,10,11,12). The lowest BCUT2D eigenvalue weighted by molar-refractivity contribution is 0.0969. The molecule has 0 unspecified atom stereocenters. The van der Waals surface area contributed by atoms with Gasteiger partial charge in [-0.1, -0.05) is 30.0 Å². The van der Waals surface area contributed by atoms with Gasteiger partial charge in [0, 0.05) is 5.56 Å². The number of hydrogen-bond acceptors (Lipinski definition) is 3. The maximum Gasteiger partial charge on any atom is 0.285 e. The lowest BCUT2D eigenvalue weighted by Gasteiger charge is -2.00. The number of amides is 2. The normalized spacial score (nSPS) is 9.31. The largest absolute Gasteiger partial charge is 0.285 e. The molecule has 0 heterocycles. The fourth-order valence-corrected chi connectivity index (χ4v) is 1.00. The second-order valence-electron chi connectivity index (χ2n) is 2.31. The van der Waals surface area contributed by atoms with Crippen LogP contribution in [0.3, 0.4) is 0 Å². The molecule has 1 rings (SSSR count). The first-order chi connectivity index (χ1) is 6.24. The van der Waals surface area contributed by atoms with Gasteiger partial charge < -0.3 is 0 Å². The van der Waals surface area contributed by atoms with E-state index in [4.69, 9.17) is 0 Å². The molecule has 0 saturated carbocycles. The van der Waals surface area contributed by atoms with Crippen LogP contribution in [0.2, 0.25) is 0 Å². The van der Waals surface area contributed by atoms with E-state index in [0.29, 0.717) is 5.56 Å². The number of carbonyl (C=O) groups excluding carboxylic acids is 2. The Labute approximate surface area is 80.5 Å². The summed E-state index contributed by atoms with van der Waals surface area (Å²) in [5.41, 5.74) is 0.491. The number of carbonyl (C=O) groups is 2. The summed E-state index contributed by atoms with van der Waals surface area (Å²) < 4.78 is 0. The van der Waals surface area contributed by atoms with Crippen molar-refractivity contribution in [2.75, 3.05) is 6.26 Å². The molecule has 0 aliphatic rings. The Bertz CT molecular complexity index is 311. The first-order valence-corrected chi connectivity index (χ1v) is 4.91. The molecular weight excluding hydrogens is 186 g/mol. The summed E-state index contributed by atoms with van der Waals surface area (Å²) in [6.45, 7) is 0. The highest BCUT2D eigenvalue weighted by molar-refractivity contribution is 8.13. The minimum absolute atomic E-state index is 0.339. The molecule has 13 heavy (non-hydrogen) atoms. The van der Waals surface area contributed by atoms with Crippen LogP contribution in [0.1, 0.15) is 10.4 Å². The summed E-state index contributed by atoms with van der Waals surface area (Å²) in [5.74, 6) is -0.361. The zero-order valence-electron chi connectivity index (χ0n) is 7.11. The predicted molar refractivity (Wildman–Crippen MR) is 52.8 cm³/mol. The van der Waals surface area contributed by atoms with Crippen LogP contribution in [0, 0.1) is 0 Å². The van der Waals surface area contributed by atoms with Crippen LogP contribution in [-0.4, -0.2) is 17.4 Å². The third kappa shape index (κ3) is 2.91. The molecule has 0 saturated heterocycles. The van der Waals surface area contributed by atoms with Crippen LogP contribution < -0.4 is 5.32 Å². The lowest BCUT2D eigenvalue weighted by Crippen LogP contribution is -2.26. The van der Waals surface area contributed by atoms with Crippen LogP contribution in [0.15, 0.2) is 30.3 Å². The zero-order chi connectivity index (χ0) is 9.68. The molecule has 0 bridgehead atoms. The van der Waals surface area contributed by atoms with Gasteiger partial charge in [-0.15, -0.1) is 0 Å². The molecule has 0 aliphatic heterocycles. The van der Waals surface area contributed by atoms with Crippen molar-refractivity contribution in [1.29, 1.82) is 0 Å². The molecule has 0 aliphatic carbocycles. The second-order valence-corrected chi connectivity index (χ2v) is 3.09. The van der Waals surface area contributed by atoms with Crippen LogP contribution in [0.25, 0.3) is 0 Å². The Morgan fingerprint density at radius 2 is 1.85 bits per heavy atom. The molecule has 1 aromatic carbocycles. The van der Waals surface area contributed by atoms with E-state index in [0.717, 1.165) is 11.8 Å². The Morgan fingerprint density at radius 1 is 1.23 bits per heavy atom. The maximum atomic E-state index is 11.3. The molecule has 2 amide bonds. The van der Waals surface area contributed by atoms with Crippen molar-refractivity contribution in [2.24, 2.45) is 0 Å². The van der Waals surface area contributed by atoms with Crippen molar-refractivity contribution in [3.8, 4) is 0 Å². The average molecular weight is 195 g/mol. The molecule has 0 atom stereocenters. The highest BCUT2D eigenvalue weighted by atomic mass is 32.2. The van der Waals surface area contributed by atoms with Gasteiger partial charge in [-0.05, 0) is 18.4 Å². The molecule has 0 spiro atoms. The first-order valence-electron chi connectivity index (χ1n) is 3.68. The van der Waals surface area contributed by atoms with Gasteiger partial charge >= 0.3 is 0 Å². The van der Waals surface area contributed by atoms with Gasteiger partial charge in [0.25, 0.3) is 11.1 Å². The molecule has 0 radical (unpaired) electrons. The topological polar surface area (TPSA) is 46.2 Å². The number of thioether (sulfide) groups is 1. The second kappa shape index (κ2) is 4.67. The van der Waals surface area contributed by atoms with E-state index in [9.17, 15) is 9.59 Å². The van der Waals surface area contributed by atoms with Gasteiger partial charge in [-0.2, -0.15) is 0 Å². The van der Waals surface area contributed by atoms with E-state index in [1.807, 2.05) is 6.07 Å². The Hall–Kier alpha value is -1.29. The molecule has 0 aromatic heterocycles. The van der Waals surface area contributed by atoms with E-state index >= 15 is 0 Å². The minimum atomic E-state index is -0.361. The van der Waals surface area contributed by atoms with E-state index in [-0.39, 0.29) is 11.1 Å². The minimum Gasteiger partial charge on any atom is -0.283 e. The number of benzene rings is 1. The molecule has 1 N–H and O–H groups in total. The van der Waals surface area contributed by atoms with Crippen LogP contribution >= 0.6 is 11.8 Å². The van der Waals surface area contributed by atoms with Crippen molar-refractivity contribution in [3.63, 3.8) is 0 Å². The number of imide groups is 1. The van der Waals surface area contributed by atoms with Crippen LogP contribution in [0.4, 0.5) is 4.79 Å². The number of nitrogens with one attached hydrogen (secondary N) is 1. The third-order valence-electron chi connectivity index (χ3n) is 1.44. The monoisotopic (exact) mass is 195 g/mol. The number of hydrogen-bond donors (Lipinski definition) is 1. The van der Waals surface area contributed by atoms with Crippen molar-refractivity contribution < 1.29 is 9.59 Å². The van der Waals surface area contributed by atoms with Crippen molar-refractivity contribution in [2.45, 2.75) is 0 Å². The third-order valence-corrected chi connectivity index (χ3v) is 1.91. The van der Waals surface area contributed by atoms with Crippen molar-refractivity contribution >= 4 is 22.9 Å².